The standard InChI is InChI=1S/C13H18O5S/c1-2-3-8-19(16,17)9-7-18-12-6-4-5-11(10-12)13(14)15/h4-6,10H,2-3,7-9H2,1H3,(H,14,15). The number of unbranched alkanes of at least 4 members (excludes halogenated alkanes) is 1. The maximum atomic E-state index is 11.6. The number of aromatic carboxylic acids is 1. The first kappa shape index (κ1) is 15.5. The molecule has 0 unspecified atom stereocenters. The maximum Gasteiger partial charge on any atom is 0.335 e. The summed E-state index contributed by atoms with van der Waals surface area (Å²) in [5.41, 5.74) is 0.117. The summed E-state index contributed by atoms with van der Waals surface area (Å²) in [6.45, 7) is 1.97. The molecule has 19 heavy (non-hydrogen) atoms. The van der Waals surface area contributed by atoms with Gasteiger partial charge in [0, 0.05) is 0 Å². The van der Waals surface area contributed by atoms with Crippen LogP contribution in [0.2, 0.25) is 0 Å². The number of benzene rings is 1. The molecule has 0 saturated heterocycles. The van der Waals surface area contributed by atoms with E-state index in [0.717, 1.165) is 6.42 Å². The summed E-state index contributed by atoms with van der Waals surface area (Å²) >= 11 is 0. The van der Waals surface area contributed by atoms with Crippen molar-refractivity contribution in [1.82, 2.24) is 0 Å². The average molecular weight is 286 g/mol. The van der Waals surface area contributed by atoms with E-state index >= 15 is 0 Å². The maximum absolute atomic E-state index is 11.6. The molecule has 1 rings (SSSR count). The highest BCUT2D eigenvalue weighted by Crippen LogP contribution is 2.13. The zero-order chi connectivity index (χ0) is 14.3. The van der Waals surface area contributed by atoms with Crippen LogP contribution in [0.15, 0.2) is 24.3 Å². The Labute approximate surface area is 113 Å². The van der Waals surface area contributed by atoms with Crippen molar-refractivity contribution in [2.24, 2.45) is 0 Å². The van der Waals surface area contributed by atoms with Crippen LogP contribution in [0.25, 0.3) is 0 Å². The molecule has 1 aromatic rings. The molecular formula is C13H18O5S. The lowest BCUT2D eigenvalue weighted by Crippen LogP contribution is -2.17. The van der Waals surface area contributed by atoms with Gasteiger partial charge in [-0.15, -0.1) is 0 Å². The highest BCUT2D eigenvalue weighted by Gasteiger charge is 2.10. The quantitative estimate of drug-likeness (QED) is 0.790. The molecule has 1 aromatic carbocycles. The van der Waals surface area contributed by atoms with E-state index in [4.69, 9.17) is 9.84 Å². The fraction of sp³-hybridized carbons (Fsp3) is 0.462. The van der Waals surface area contributed by atoms with E-state index in [1.165, 1.54) is 12.1 Å². The summed E-state index contributed by atoms with van der Waals surface area (Å²) in [4.78, 5) is 10.8. The second-order valence-corrected chi connectivity index (χ2v) is 6.49. The fourth-order valence-electron chi connectivity index (χ4n) is 1.47. The molecule has 1 N–H and O–H groups in total. The minimum atomic E-state index is -3.08. The number of hydrogen-bond donors (Lipinski definition) is 1. The van der Waals surface area contributed by atoms with E-state index in [-0.39, 0.29) is 23.7 Å². The van der Waals surface area contributed by atoms with Crippen LogP contribution in [0.5, 0.6) is 5.75 Å². The third-order valence-electron chi connectivity index (χ3n) is 2.55. The van der Waals surface area contributed by atoms with Crippen LogP contribution in [0, 0.1) is 0 Å². The molecule has 0 aliphatic heterocycles. The summed E-state index contributed by atoms with van der Waals surface area (Å²) in [7, 11) is -3.08. The fourth-order valence-corrected chi connectivity index (χ4v) is 2.74. The van der Waals surface area contributed by atoms with E-state index in [1.807, 2.05) is 6.92 Å². The van der Waals surface area contributed by atoms with Gasteiger partial charge in [0.25, 0.3) is 0 Å². The highest BCUT2D eigenvalue weighted by molar-refractivity contribution is 7.91. The molecular weight excluding hydrogens is 268 g/mol. The third-order valence-corrected chi connectivity index (χ3v) is 4.25. The molecule has 0 heterocycles. The third kappa shape index (κ3) is 5.74. The second kappa shape index (κ2) is 7.13. The molecule has 0 fully saturated rings. The van der Waals surface area contributed by atoms with Gasteiger partial charge in [-0.1, -0.05) is 19.4 Å². The molecule has 0 bridgehead atoms. The van der Waals surface area contributed by atoms with Gasteiger partial charge in [-0.2, -0.15) is 0 Å². The van der Waals surface area contributed by atoms with E-state index in [2.05, 4.69) is 0 Å². The summed E-state index contributed by atoms with van der Waals surface area (Å²) < 4.78 is 28.4. The summed E-state index contributed by atoms with van der Waals surface area (Å²) in [5, 5.41) is 8.81. The predicted octanol–water partition coefficient (Wildman–Crippen LogP) is 1.98. The van der Waals surface area contributed by atoms with Gasteiger partial charge in [-0.25, -0.2) is 13.2 Å². The zero-order valence-electron chi connectivity index (χ0n) is 10.8. The average Bonchev–Trinajstić information content (AvgIpc) is 2.36. The highest BCUT2D eigenvalue weighted by atomic mass is 32.2. The lowest BCUT2D eigenvalue weighted by Gasteiger charge is -2.07. The number of carboxylic acid groups (broad SMARTS) is 1. The number of rotatable bonds is 8. The molecule has 0 spiro atoms. The molecule has 0 radical (unpaired) electrons. The van der Waals surface area contributed by atoms with E-state index in [1.54, 1.807) is 12.1 Å². The van der Waals surface area contributed by atoms with Crippen LogP contribution in [-0.2, 0) is 9.84 Å². The van der Waals surface area contributed by atoms with Crippen molar-refractivity contribution in [1.29, 1.82) is 0 Å². The molecule has 0 aliphatic rings. The molecule has 5 nitrogen and oxygen atoms in total. The van der Waals surface area contributed by atoms with Gasteiger partial charge >= 0.3 is 5.97 Å². The Morgan fingerprint density at radius 2 is 2.05 bits per heavy atom. The van der Waals surface area contributed by atoms with Gasteiger partial charge in [0.1, 0.15) is 12.4 Å². The van der Waals surface area contributed by atoms with Crippen LogP contribution in [0.3, 0.4) is 0 Å². The van der Waals surface area contributed by atoms with Crippen LogP contribution >= 0.6 is 0 Å². The predicted molar refractivity (Wildman–Crippen MR) is 72.5 cm³/mol. The summed E-state index contributed by atoms with van der Waals surface area (Å²) in [6.07, 6.45) is 1.48. The number of carboxylic acids is 1. The van der Waals surface area contributed by atoms with Crippen LogP contribution in [0.1, 0.15) is 30.1 Å². The SMILES string of the molecule is CCCCS(=O)(=O)CCOc1cccc(C(=O)O)c1. The summed E-state index contributed by atoms with van der Waals surface area (Å²) in [5.74, 6) is -0.557. The molecule has 0 aromatic heterocycles. The van der Waals surface area contributed by atoms with Crippen molar-refractivity contribution >= 4 is 15.8 Å². The van der Waals surface area contributed by atoms with Gasteiger partial charge in [-0.3, -0.25) is 0 Å². The lowest BCUT2D eigenvalue weighted by atomic mass is 10.2. The van der Waals surface area contributed by atoms with Gasteiger partial charge < -0.3 is 9.84 Å². The Kier molecular flexibility index (Phi) is 5.82. The summed E-state index contributed by atoms with van der Waals surface area (Å²) in [6, 6.07) is 5.99. The molecule has 0 amide bonds. The second-order valence-electron chi connectivity index (χ2n) is 4.19. The van der Waals surface area contributed by atoms with Crippen molar-refractivity contribution in [3.05, 3.63) is 29.8 Å². The topological polar surface area (TPSA) is 80.7 Å². The van der Waals surface area contributed by atoms with E-state index in [9.17, 15) is 13.2 Å². The number of ether oxygens (including phenoxy) is 1. The van der Waals surface area contributed by atoms with Crippen molar-refractivity contribution < 1.29 is 23.1 Å². The van der Waals surface area contributed by atoms with Crippen LogP contribution < -0.4 is 4.74 Å². The first-order valence-electron chi connectivity index (χ1n) is 6.11. The Hall–Kier alpha value is -1.56. The molecule has 0 aliphatic carbocycles. The Bertz CT molecular complexity index is 522. The van der Waals surface area contributed by atoms with Crippen molar-refractivity contribution in [3.8, 4) is 5.75 Å². The Morgan fingerprint density at radius 3 is 2.68 bits per heavy atom. The first-order chi connectivity index (χ1) is 8.94. The normalized spacial score (nSPS) is 11.2. The van der Waals surface area contributed by atoms with Gasteiger partial charge in [0.15, 0.2) is 9.84 Å². The van der Waals surface area contributed by atoms with E-state index in [0.29, 0.717) is 12.2 Å². The molecule has 106 valence electrons. The van der Waals surface area contributed by atoms with Crippen LogP contribution in [0.4, 0.5) is 0 Å². The van der Waals surface area contributed by atoms with Gasteiger partial charge in [-0.05, 0) is 24.6 Å². The van der Waals surface area contributed by atoms with Gasteiger partial charge in [0.05, 0.1) is 17.1 Å². The Balaban J connectivity index is 2.49. The first-order valence-corrected chi connectivity index (χ1v) is 7.93. The van der Waals surface area contributed by atoms with Gasteiger partial charge in [0.2, 0.25) is 0 Å². The monoisotopic (exact) mass is 286 g/mol. The van der Waals surface area contributed by atoms with Crippen molar-refractivity contribution in [2.45, 2.75) is 19.8 Å². The zero-order valence-corrected chi connectivity index (χ0v) is 11.6. The smallest absolute Gasteiger partial charge is 0.335 e. The molecule has 6 heteroatoms. The minimum Gasteiger partial charge on any atom is -0.493 e. The number of hydrogen-bond acceptors (Lipinski definition) is 4. The van der Waals surface area contributed by atoms with Crippen molar-refractivity contribution in [3.63, 3.8) is 0 Å². The molecule has 0 atom stereocenters. The molecule has 0 saturated carbocycles. The lowest BCUT2D eigenvalue weighted by molar-refractivity contribution is 0.0696. The largest absolute Gasteiger partial charge is 0.493 e. The number of sulfone groups is 1. The van der Waals surface area contributed by atoms with Crippen LogP contribution in [-0.4, -0.2) is 37.6 Å². The Morgan fingerprint density at radius 1 is 1.32 bits per heavy atom. The van der Waals surface area contributed by atoms with E-state index < -0.39 is 15.8 Å². The minimum absolute atomic E-state index is 0.0368. The van der Waals surface area contributed by atoms with Crippen molar-refractivity contribution in [2.75, 3.05) is 18.1 Å². The number of carbonyl (C=O) groups is 1.